The fourth-order valence-electron chi connectivity index (χ4n) is 4.85. The van der Waals surface area contributed by atoms with E-state index in [-0.39, 0.29) is 23.0 Å². The molecule has 0 aliphatic carbocycles. The van der Waals surface area contributed by atoms with Gasteiger partial charge >= 0.3 is 5.97 Å². The molecule has 1 N–H and O–H groups in total. The Morgan fingerprint density at radius 3 is 1.97 bits per heavy atom. The quantitative estimate of drug-likeness (QED) is 0.149. The molecule has 0 unspecified atom stereocenters. The van der Waals surface area contributed by atoms with Crippen LogP contribution < -0.4 is 10.4 Å². The summed E-state index contributed by atoms with van der Waals surface area (Å²) in [6.45, 7) is 12.0. The molecule has 36 heavy (non-hydrogen) atoms. The van der Waals surface area contributed by atoms with Crippen molar-refractivity contribution in [3.8, 4) is 0 Å². The molecule has 0 heterocycles. The maximum atomic E-state index is 11.2. The number of carbonyl (C=O) groups excluding carboxylic acids is 1. The second kappa shape index (κ2) is 14.5. The van der Waals surface area contributed by atoms with Crippen LogP contribution in [0.4, 0.5) is 0 Å². The molecule has 0 aliphatic rings. The van der Waals surface area contributed by atoms with Crippen LogP contribution in [-0.4, -0.2) is 39.2 Å². The lowest BCUT2D eigenvalue weighted by Crippen LogP contribution is -2.66. The molecule has 0 aromatic heterocycles. The molecule has 0 aliphatic heterocycles. The molecule has 0 spiro atoms. The molecule has 0 amide bonds. The molecule has 0 saturated heterocycles. The van der Waals surface area contributed by atoms with Gasteiger partial charge in [-0.05, 0) is 46.5 Å². The van der Waals surface area contributed by atoms with Crippen molar-refractivity contribution in [1.82, 2.24) is 0 Å². The second-order valence-corrected chi connectivity index (χ2v) is 15.4. The highest BCUT2D eigenvalue weighted by Crippen LogP contribution is 2.37. The van der Waals surface area contributed by atoms with Crippen LogP contribution in [0.15, 0.2) is 72.8 Å². The van der Waals surface area contributed by atoms with Crippen molar-refractivity contribution in [2.24, 2.45) is 11.8 Å². The van der Waals surface area contributed by atoms with Crippen LogP contribution in [0, 0.1) is 11.8 Å². The molecule has 0 radical (unpaired) electrons. The minimum Gasteiger partial charge on any atom is -0.466 e. The Labute approximate surface area is 219 Å². The first kappa shape index (κ1) is 30.0. The molecule has 0 bridgehead atoms. The van der Waals surface area contributed by atoms with Crippen LogP contribution in [0.2, 0.25) is 5.04 Å². The zero-order valence-corrected chi connectivity index (χ0v) is 24.1. The maximum absolute atomic E-state index is 11.2. The van der Waals surface area contributed by atoms with Crippen LogP contribution >= 0.6 is 0 Å². The Morgan fingerprint density at radius 2 is 1.47 bits per heavy atom. The van der Waals surface area contributed by atoms with Crippen LogP contribution in [0.25, 0.3) is 0 Å². The zero-order valence-electron chi connectivity index (χ0n) is 23.1. The number of ether oxygens (including phenoxy) is 1. The Hall–Kier alpha value is -2.21. The first-order chi connectivity index (χ1) is 17.1. The Bertz CT molecular complexity index is 881. The van der Waals surface area contributed by atoms with Gasteiger partial charge in [0.2, 0.25) is 0 Å². The molecular weight excluding hydrogens is 464 g/mol. The molecule has 3 atom stereocenters. The van der Waals surface area contributed by atoms with Crippen molar-refractivity contribution in [1.29, 1.82) is 0 Å². The molecule has 4 nitrogen and oxygen atoms in total. The van der Waals surface area contributed by atoms with E-state index < -0.39 is 8.32 Å². The van der Waals surface area contributed by atoms with E-state index in [9.17, 15) is 9.90 Å². The predicted octanol–water partition coefficient (Wildman–Crippen LogP) is 5.88. The van der Waals surface area contributed by atoms with Crippen LogP contribution in [0.3, 0.4) is 0 Å². The van der Waals surface area contributed by atoms with E-state index in [1.165, 1.54) is 23.6 Å². The third-order valence-corrected chi connectivity index (χ3v) is 12.1. The van der Waals surface area contributed by atoms with Crippen LogP contribution in [0.1, 0.15) is 66.7 Å². The number of rotatable bonds is 14. The summed E-state index contributed by atoms with van der Waals surface area (Å²) < 4.78 is 11.7. The number of hydrogen-bond donors (Lipinski definition) is 1. The molecule has 2 rings (SSSR count). The fraction of sp³-hybridized carbons (Fsp3) is 0.516. The molecule has 198 valence electrons. The Morgan fingerprint density at radius 1 is 0.944 bits per heavy atom. The molecular formula is C31H46O4Si. The number of esters is 1. The Kier molecular flexibility index (Phi) is 12.1. The highest BCUT2D eigenvalue weighted by Gasteiger charge is 2.50. The highest BCUT2D eigenvalue weighted by molar-refractivity contribution is 6.99. The molecule has 0 saturated carbocycles. The van der Waals surface area contributed by atoms with Crippen LogP contribution in [0.5, 0.6) is 0 Å². The summed E-state index contributed by atoms with van der Waals surface area (Å²) in [7, 11) is -1.13. The number of methoxy groups -OCH3 is 1. The largest absolute Gasteiger partial charge is 0.466 e. The average Bonchev–Trinajstić information content (AvgIpc) is 2.87. The number of carbonyl (C=O) groups is 1. The number of aliphatic hydroxyl groups is 1. The van der Waals surface area contributed by atoms with Gasteiger partial charge in [0.15, 0.2) is 0 Å². The summed E-state index contributed by atoms with van der Waals surface area (Å²) in [5.74, 6) is 0.192. The standard InChI is InChI=1S/C31H46O4Si/c1-25(16-13-14-22-29(32)26(2)17-15-23-30(33)34-6)24-35-36(31(3,4)5,27-18-9-7-10-19-27)28-20-11-8-12-21-28/h7-12,15,18-21,23,25-26,29,32H,13-14,16-17,22,24H2,1-6H3/b23-15+/t25-,26-,29-/m0/s1. The minimum absolute atomic E-state index is 0.0159. The van der Waals surface area contributed by atoms with Crippen LogP contribution in [-0.2, 0) is 14.0 Å². The molecule has 2 aromatic carbocycles. The van der Waals surface area contributed by atoms with E-state index >= 15 is 0 Å². The van der Waals surface area contributed by atoms with Gasteiger partial charge in [-0.3, -0.25) is 0 Å². The topological polar surface area (TPSA) is 55.8 Å². The van der Waals surface area contributed by atoms with E-state index in [4.69, 9.17) is 4.43 Å². The number of allylic oxidation sites excluding steroid dienone is 1. The summed E-state index contributed by atoms with van der Waals surface area (Å²) in [5.41, 5.74) is 0. The van der Waals surface area contributed by atoms with Gasteiger partial charge in [-0.25, -0.2) is 4.79 Å². The zero-order chi connectivity index (χ0) is 26.6. The number of aliphatic hydroxyl groups excluding tert-OH is 1. The third-order valence-electron chi connectivity index (χ3n) is 7.07. The lowest BCUT2D eigenvalue weighted by molar-refractivity contribution is -0.134. The Balaban J connectivity index is 1.95. The minimum atomic E-state index is -2.50. The highest BCUT2D eigenvalue weighted by atomic mass is 28.4. The fourth-order valence-corrected chi connectivity index (χ4v) is 9.54. The second-order valence-electron chi connectivity index (χ2n) is 11.1. The van der Waals surface area contributed by atoms with Crippen molar-refractivity contribution in [3.05, 3.63) is 72.8 Å². The predicted molar refractivity (Wildman–Crippen MR) is 152 cm³/mol. The van der Waals surface area contributed by atoms with Gasteiger partial charge in [0, 0.05) is 12.7 Å². The summed E-state index contributed by atoms with van der Waals surface area (Å²) in [4.78, 5) is 11.2. The summed E-state index contributed by atoms with van der Waals surface area (Å²) in [5, 5.41) is 13.1. The lowest BCUT2D eigenvalue weighted by Gasteiger charge is -2.43. The van der Waals surface area contributed by atoms with Gasteiger partial charge in [-0.15, -0.1) is 0 Å². The van der Waals surface area contributed by atoms with E-state index in [1.54, 1.807) is 6.08 Å². The smallest absolute Gasteiger partial charge is 0.330 e. The van der Waals surface area contributed by atoms with E-state index in [1.807, 2.05) is 6.92 Å². The van der Waals surface area contributed by atoms with E-state index in [0.29, 0.717) is 12.3 Å². The van der Waals surface area contributed by atoms with E-state index in [2.05, 4.69) is 93.1 Å². The number of unbranched alkanes of at least 4 members (excludes halogenated alkanes) is 1. The SMILES string of the molecule is COC(=O)/C=C/C[C@H](C)[C@@H](O)CCCC[C@H](C)CO[Si](c1ccccc1)(c1ccccc1)C(C)(C)C. The van der Waals surface area contributed by atoms with Crippen molar-refractivity contribution in [2.45, 2.75) is 77.9 Å². The summed E-state index contributed by atoms with van der Waals surface area (Å²) >= 11 is 0. The third kappa shape index (κ3) is 8.43. The summed E-state index contributed by atoms with van der Waals surface area (Å²) in [6, 6.07) is 21.6. The van der Waals surface area contributed by atoms with Gasteiger partial charge in [-0.2, -0.15) is 0 Å². The van der Waals surface area contributed by atoms with Gasteiger partial charge in [-0.1, -0.05) is 114 Å². The molecule has 2 aromatic rings. The van der Waals surface area contributed by atoms with Crippen molar-refractivity contribution < 1.29 is 19.1 Å². The molecule has 0 fully saturated rings. The van der Waals surface area contributed by atoms with Gasteiger partial charge in [0.25, 0.3) is 8.32 Å². The normalized spacial score (nSPS) is 15.0. The van der Waals surface area contributed by atoms with E-state index in [0.717, 1.165) is 32.3 Å². The molecule has 5 heteroatoms. The van der Waals surface area contributed by atoms with Gasteiger partial charge in [0.1, 0.15) is 0 Å². The van der Waals surface area contributed by atoms with Crippen molar-refractivity contribution in [3.63, 3.8) is 0 Å². The number of hydrogen-bond acceptors (Lipinski definition) is 4. The maximum Gasteiger partial charge on any atom is 0.330 e. The van der Waals surface area contributed by atoms with Crippen molar-refractivity contribution >= 4 is 24.7 Å². The average molecular weight is 511 g/mol. The summed E-state index contributed by atoms with van der Waals surface area (Å²) in [6.07, 6.45) is 7.40. The van der Waals surface area contributed by atoms with Gasteiger partial charge < -0.3 is 14.3 Å². The van der Waals surface area contributed by atoms with Crippen molar-refractivity contribution in [2.75, 3.05) is 13.7 Å². The monoisotopic (exact) mass is 510 g/mol. The van der Waals surface area contributed by atoms with Gasteiger partial charge in [0.05, 0.1) is 13.2 Å². The first-order valence-electron chi connectivity index (χ1n) is 13.3. The lowest BCUT2D eigenvalue weighted by atomic mass is 9.95. The first-order valence-corrected chi connectivity index (χ1v) is 15.2. The number of benzene rings is 2.